The van der Waals surface area contributed by atoms with Gasteiger partial charge in [-0.3, -0.25) is 4.90 Å². The van der Waals surface area contributed by atoms with E-state index in [1.807, 2.05) is 13.0 Å². The van der Waals surface area contributed by atoms with Crippen molar-refractivity contribution in [1.29, 1.82) is 0 Å². The quantitative estimate of drug-likeness (QED) is 0.670. The molecule has 3 aromatic rings. The van der Waals surface area contributed by atoms with Crippen LogP contribution in [0.15, 0.2) is 35.7 Å². The molecule has 2 aromatic heterocycles. The van der Waals surface area contributed by atoms with Crippen molar-refractivity contribution >= 4 is 27.4 Å². The Balaban J connectivity index is 1.76. The van der Waals surface area contributed by atoms with Crippen LogP contribution in [0.5, 0.6) is 0 Å². The smallest absolute Gasteiger partial charge is 0.158 e. The Bertz CT molecular complexity index is 960. The number of β-amino-alcohol motifs (C(OH)–C–C–N with tert-alkyl or cyclic N) is 1. The number of hydrogen-bond donors (Lipinski definition) is 1. The average molecular weight is 413 g/mol. The van der Waals surface area contributed by atoms with Gasteiger partial charge in [0.1, 0.15) is 17.3 Å². The van der Waals surface area contributed by atoms with Gasteiger partial charge in [-0.25, -0.2) is 9.97 Å². The number of aliphatic hydroxyl groups is 1. The first-order valence-electron chi connectivity index (χ1n) is 10.1. The predicted octanol–water partition coefficient (Wildman–Crippen LogP) is 3.40. The molecule has 0 spiro atoms. The summed E-state index contributed by atoms with van der Waals surface area (Å²) in [4.78, 5) is 15.4. The van der Waals surface area contributed by atoms with E-state index in [0.717, 1.165) is 41.5 Å². The van der Waals surface area contributed by atoms with Gasteiger partial charge >= 0.3 is 0 Å². The molecule has 1 aliphatic heterocycles. The topological polar surface area (TPSA) is 61.7 Å². The summed E-state index contributed by atoms with van der Waals surface area (Å²) in [6.07, 6.45) is -0.311. The molecule has 29 heavy (non-hydrogen) atoms. The lowest BCUT2D eigenvalue weighted by molar-refractivity contribution is 0.114. The first-order valence-corrected chi connectivity index (χ1v) is 10.9. The van der Waals surface area contributed by atoms with E-state index in [0.29, 0.717) is 19.2 Å². The maximum Gasteiger partial charge on any atom is 0.158 e. The minimum atomic E-state index is -0.311. The van der Waals surface area contributed by atoms with Crippen molar-refractivity contribution in [2.75, 3.05) is 38.2 Å². The molecule has 2 atom stereocenters. The summed E-state index contributed by atoms with van der Waals surface area (Å²) >= 11 is 1.66. The fraction of sp³-hybridized carbons (Fsp3) is 0.455. The molecule has 1 aromatic carbocycles. The molecule has 0 saturated carbocycles. The number of aromatic nitrogens is 2. The molecule has 1 aliphatic rings. The van der Waals surface area contributed by atoms with Crippen molar-refractivity contribution in [2.45, 2.75) is 32.6 Å². The van der Waals surface area contributed by atoms with E-state index in [1.54, 1.807) is 18.4 Å². The Kier molecular flexibility index (Phi) is 6.10. The molecule has 1 N–H and O–H groups in total. The monoisotopic (exact) mass is 412 g/mol. The normalized spacial score (nSPS) is 19.0. The number of fused-ring (bicyclic) bond motifs is 1. The SMILES string of the molecule is COCc1nc(N2CCN(CC(C)O)CC2C)c2c(-c3ccccc3)csc2n1. The first kappa shape index (κ1) is 20.2. The van der Waals surface area contributed by atoms with Gasteiger partial charge in [0, 0.05) is 50.3 Å². The number of hydrogen-bond acceptors (Lipinski definition) is 7. The Morgan fingerprint density at radius 2 is 2.03 bits per heavy atom. The number of aliphatic hydroxyl groups excluding tert-OH is 1. The Labute approximate surface area is 175 Å². The van der Waals surface area contributed by atoms with Crippen LogP contribution in [0.25, 0.3) is 21.3 Å². The molecule has 0 radical (unpaired) electrons. The van der Waals surface area contributed by atoms with Crippen LogP contribution in [0.3, 0.4) is 0 Å². The molecular formula is C22H28N4O2S. The zero-order valence-corrected chi connectivity index (χ0v) is 18.0. The Hall–Kier alpha value is -2.06. The van der Waals surface area contributed by atoms with E-state index >= 15 is 0 Å². The highest BCUT2D eigenvalue weighted by Crippen LogP contribution is 2.39. The van der Waals surface area contributed by atoms with Crippen LogP contribution in [0.2, 0.25) is 0 Å². The van der Waals surface area contributed by atoms with Gasteiger partial charge in [-0.1, -0.05) is 30.3 Å². The van der Waals surface area contributed by atoms with Gasteiger partial charge in [0.2, 0.25) is 0 Å². The van der Waals surface area contributed by atoms with Crippen molar-refractivity contribution in [1.82, 2.24) is 14.9 Å². The average Bonchev–Trinajstić information content (AvgIpc) is 3.12. The number of thiophene rings is 1. The third-order valence-electron chi connectivity index (χ3n) is 5.33. The fourth-order valence-electron chi connectivity index (χ4n) is 4.09. The van der Waals surface area contributed by atoms with Gasteiger partial charge in [-0.2, -0.15) is 0 Å². The zero-order valence-electron chi connectivity index (χ0n) is 17.2. The third kappa shape index (κ3) is 4.28. The molecule has 0 aliphatic carbocycles. The van der Waals surface area contributed by atoms with E-state index in [2.05, 4.69) is 46.4 Å². The number of nitrogens with zero attached hydrogens (tertiary/aromatic N) is 4. The van der Waals surface area contributed by atoms with Crippen molar-refractivity contribution in [3.8, 4) is 11.1 Å². The first-order chi connectivity index (χ1) is 14.1. The molecule has 3 heterocycles. The second kappa shape index (κ2) is 8.75. The van der Waals surface area contributed by atoms with Crippen LogP contribution in [0.1, 0.15) is 19.7 Å². The van der Waals surface area contributed by atoms with Crippen LogP contribution in [-0.4, -0.2) is 65.4 Å². The molecule has 154 valence electrons. The fourth-order valence-corrected chi connectivity index (χ4v) is 5.05. The van der Waals surface area contributed by atoms with Crippen molar-refractivity contribution in [3.63, 3.8) is 0 Å². The molecule has 0 bridgehead atoms. The Morgan fingerprint density at radius 1 is 1.24 bits per heavy atom. The van der Waals surface area contributed by atoms with Gasteiger partial charge < -0.3 is 14.7 Å². The molecule has 7 heteroatoms. The number of anilines is 1. The van der Waals surface area contributed by atoms with Gasteiger partial charge in [-0.05, 0) is 19.4 Å². The number of piperazine rings is 1. The van der Waals surface area contributed by atoms with Gasteiger partial charge in [-0.15, -0.1) is 11.3 Å². The summed E-state index contributed by atoms with van der Waals surface area (Å²) < 4.78 is 5.32. The molecule has 0 amide bonds. The Morgan fingerprint density at radius 3 is 2.72 bits per heavy atom. The number of ether oxygens (including phenoxy) is 1. The van der Waals surface area contributed by atoms with E-state index in [-0.39, 0.29) is 6.10 Å². The maximum absolute atomic E-state index is 9.76. The molecule has 2 unspecified atom stereocenters. The number of benzene rings is 1. The van der Waals surface area contributed by atoms with E-state index in [4.69, 9.17) is 14.7 Å². The van der Waals surface area contributed by atoms with E-state index in [9.17, 15) is 5.11 Å². The van der Waals surface area contributed by atoms with Crippen molar-refractivity contribution < 1.29 is 9.84 Å². The van der Waals surface area contributed by atoms with Gasteiger partial charge in [0.15, 0.2) is 5.82 Å². The highest BCUT2D eigenvalue weighted by Gasteiger charge is 2.28. The van der Waals surface area contributed by atoms with E-state index in [1.165, 1.54) is 11.1 Å². The summed E-state index contributed by atoms with van der Waals surface area (Å²) in [6.45, 7) is 7.87. The summed E-state index contributed by atoms with van der Waals surface area (Å²) in [5.74, 6) is 1.71. The molecular weight excluding hydrogens is 384 g/mol. The van der Waals surface area contributed by atoms with Crippen molar-refractivity contribution in [2.24, 2.45) is 0 Å². The van der Waals surface area contributed by atoms with Gasteiger partial charge in [0.25, 0.3) is 0 Å². The summed E-state index contributed by atoms with van der Waals surface area (Å²) in [5, 5.41) is 13.1. The number of methoxy groups -OCH3 is 1. The van der Waals surface area contributed by atoms with Crippen LogP contribution in [0.4, 0.5) is 5.82 Å². The lowest BCUT2D eigenvalue weighted by atomic mass is 10.0. The molecule has 1 saturated heterocycles. The van der Waals surface area contributed by atoms with Gasteiger partial charge in [0.05, 0.1) is 11.5 Å². The predicted molar refractivity (Wildman–Crippen MR) is 118 cm³/mol. The van der Waals surface area contributed by atoms with Crippen LogP contribution >= 0.6 is 11.3 Å². The molecule has 4 rings (SSSR count). The molecule has 1 fully saturated rings. The van der Waals surface area contributed by atoms with Crippen molar-refractivity contribution in [3.05, 3.63) is 41.5 Å². The highest BCUT2D eigenvalue weighted by atomic mass is 32.1. The standard InChI is InChI=1S/C22H28N4O2S/c1-15-11-25(12-16(2)27)9-10-26(15)21-20-18(17-7-5-4-6-8-17)14-29-22(20)24-19(23-21)13-28-3/h4-8,14-16,27H,9-13H2,1-3H3. The minimum Gasteiger partial charge on any atom is -0.392 e. The van der Waals surface area contributed by atoms with E-state index < -0.39 is 0 Å². The molecule has 6 nitrogen and oxygen atoms in total. The van der Waals surface area contributed by atoms with Crippen LogP contribution in [-0.2, 0) is 11.3 Å². The largest absolute Gasteiger partial charge is 0.392 e. The van der Waals surface area contributed by atoms with Crippen LogP contribution in [0, 0.1) is 0 Å². The summed E-state index contributed by atoms with van der Waals surface area (Å²) in [7, 11) is 1.68. The highest BCUT2D eigenvalue weighted by molar-refractivity contribution is 7.17. The maximum atomic E-state index is 9.76. The lowest BCUT2D eigenvalue weighted by Gasteiger charge is -2.41. The second-order valence-electron chi connectivity index (χ2n) is 7.74. The summed E-state index contributed by atoms with van der Waals surface area (Å²) in [6, 6.07) is 10.7. The second-order valence-corrected chi connectivity index (χ2v) is 8.60. The van der Waals surface area contributed by atoms with Crippen LogP contribution < -0.4 is 4.90 Å². The minimum absolute atomic E-state index is 0.291. The lowest BCUT2D eigenvalue weighted by Crippen LogP contribution is -2.53. The summed E-state index contributed by atoms with van der Waals surface area (Å²) in [5.41, 5.74) is 2.37. The zero-order chi connectivity index (χ0) is 20.4. The number of rotatable bonds is 6. The third-order valence-corrected chi connectivity index (χ3v) is 6.20.